The van der Waals surface area contributed by atoms with Gasteiger partial charge in [0, 0.05) is 22.1 Å². The molecule has 0 aromatic heterocycles. The Kier molecular flexibility index (Phi) is 5.12. The highest BCUT2D eigenvalue weighted by Gasteiger charge is 2.37. The van der Waals surface area contributed by atoms with E-state index in [9.17, 15) is 10.1 Å². The van der Waals surface area contributed by atoms with E-state index in [0.29, 0.717) is 12.5 Å². The minimum atomic E-state index is -0.296. The highest BCUT2D eigenvalue weighted by molar-refractivity contribution is 9.10. The Morgan fingerprint density at radius 2 is 2.30 bits per heavy atom. The van der Waals surface area contributed by atoms with E-state index in [4.69, 9.17) is 5.73 Å². The zero-order chi connectivity index (χ0) is 14.7. The molecule has 0 amide bonds. The van der Waals surface area contributed by atoms with Crippen molar-refractivity contribution < 1.29 is 4.92 Å². The second-order valence-electron chi connectivity index (χ2n) is 5.23. The summed E-state index contributed by atoms with van der Waals surface area (Å²) in [6.45, 7) is 4.61. The van der Waals surface area contributed by atoms with Gasteiger partial charge >= 0.3 is 0 Å². The van der Waals surface area contributed by atoms with E-state index in [2.05, 4.69) is 27.8 Å². The monoisotopic (exact) mass is 341 g/mol. The zero-order valence-electron chi connectivity index (χ0n) is 11.6. The molecule has 1 aromatic rings. The molecule has 0 spiro atoms. The van der Waals surface area contributed by atoms with Gasteiger partial charge in [0.15, 0.2) is 0 Å². The first-order chi connectivity index (χ1) is 9.58. The Morgan fingerprint density at radius 3 is 2.90 bits per heavy atom. The van der Waals surface area contributed by atoms with E-state index in [-0.39, 0.29) is 16.7 Å². The zero-order valence-corrected chi connectivity index (χ0v) is 13.2. The second-order valence-corrected chi connectivity index (χ2v) is 6.14. The molecule has 1 aliphatic heterocycles. The number of nitro groups is 1. The minimum Gasteiger partial charge on any atom is -0.330 e. The van der Waals surface area contributed by atoms with Crippen LogP contribution in [0.1, 0.15) is 31.4 Å². The van der Waals surface area contributed by atoms with Gasteiger partial charge in [-0.1, -0.05) is 22.9 Å². The SMILES string of the molecule is CCCN1CCC(CN)C1c1ccc(Br)cc1[N+](=O)[O-]. The molecule has 1 saturated heterocycles. The fraction of sp³-hybridized carbons (Fsp3) is 0.571. The van der Waals surface area contributed by atoms with Crippen LogP contribution in [-0.2, 0) is 0 Å². The van der Waals surface area contributed by atoms with Crippen molar-refractivity contribution >= 4 is 21.6 Å². The molecule has 6 heteroatoms. The molecule has 110 valence electrons. The highest BCUT2D eigenvalue weighted by atomic mass is 79.9. The van der Waals surface area contributed by atoms with Crippen LogP contribution < -0.4 is 5.73 Å². The van der Waals surface area contributed by atoms with Crippen molar-refractivity contribution in [2.75, 3.05) is 19.6 Å². The molecule has 2 rings (SSSR count). The molecule has 1 aromatic carbocycles. The number of hydrogen-bond donors (Lipinski definition) is 1. The number of hydrogen-bond acceptors (Lipinski definition) is 4. The summed E-state index contributed by atoms with van der Waals surface area (Å²) < 4.78 is 0.734. The third kappa shape index (κ3) is 3.02. The molecule has 2 unspecified atom stereocenters. The predicted octanol–water partition coefficient (Wildman–Crippen LogP) is 3.09. The number of nitrogens with zero attached hydrogens (tertiary/aromatic N) is 2. The molecule has 0 aliphatic carbocycles. The number of benzene rings is 1. The molecule has 2 N–H and O–H groups in total. The Bertz CT molecular complexity index is 495. The molecule has 0 radical (unpaired) electrons. The van der Waals surface area contributed by atoms with Gasteiger partial charge in [-0.3, -0.25) is 15.0 Å². The van der Waals surface area contributed by atoms with E-state index >= 15 is 0 Å². The molecule has 0 saturated carbocycles. The van der Waals surface area contributed by atoms with Gasteiger partial charge < -0.3 is 5.73 Å². The van der Waals surface area contributed by atoms with Gasteiger partial charge in [-0.05, 0) is 50.5 Å². The van der Waals surface area contributed by atoms with Gasteiger partial charge in [0.1, 0.15) is 0 Å². The Hall–Kier alpha value is -0.980. The summed E-state index contributed by atoms with van der Waals surface area (Å²) in [6.07, 6.45) is 2.05. The van der Waals surface area contributed by atoms with Crippen molar-refractivity contribution in [1.29, 1.82) is 0 Å². The van der Waals surface area contributed by atoms with E-state index in [0.717, 1.165) is 36.0 Å². The maximum absolute atomic E-state index is 11.3. The third-order valence-corrected chi connectivity index (χ3v) is 4.44. The first-order valence-electron chi connectivity index (χ1n) is 6.96. The molecule has 1 aliphatic rings. The Balaban J connectivity index is 2.43. The molecular weight excluding hydrogens is 322 g/mol. The first-order valence-corrected chi connectivity index (χ1v) is 7.75. The average Bonchev–Trinajstić information content (AvgIpc) is 2.82. The number of rotatable bonds is 5. The van der Waals surface area contributed by atoms with E-state index in [1.165, 1.54) is 0 Å². The van der Waals surface area contributed by atoms with Crippen LogP contribution in [0.15, 0.2) is 22.7 Å². The maximum atomic E-state index is 11.3. The van der Waals surface area contributed by atoms with Crippen LogP contribution >= 0.6 is 15.9 Å². The lowest BCUT2D eigenvalue weighted by molar-refractivity contribution is -0.386. The number of nitro benzene ring substituents is 1. The minimum absolute atomic E-state index is 0.0634. The quantitative estimate of drug-likeness (QED) is 0.659. The van der Waals surface area contributed by atoms with Gasteiger partial charge in [-0.25, -0.2) is 0 Å². The van der Waals surface area contributed by atoms with Crippen LogP contribution in [0.2, 0.25) is 0 Å². The van der Waals surface area contributed by atoms with Crippen molar-refractivity contribution in [3.63, 3.8) is 0 Å². The van der Waals surface area contributed by atoms with Gasteiger partial charge in [0.05, 0.1) is 4.92 Å². The maximum Gasteiger partial charge on any atom is 0.275 e. The first kappa shape index (κ1) is 15.4. The summed E-state index contributed by atoms with van der Waals surface area (Å²) in [7, 11) is 0. The second kappa shape index (κ2) is 6.65. The van der Waals surface area contributed by atoms with Crippen molar-refractivity contribution in [2.45, 2.75) is 25.8 Å². The number of halogens is 1. The molecule has 1 fully saturated rings. The average molecular weight is 342 g/mol. The van der Waals surface area contributed by atoms with Gasteiger partial charge in [0.25, 0.3) is 5.69 Å². The molecule has 2 atom stereocenters. The summed E-state index contributed by atoms with van der Waals surface area (Å²) in [4.78, 5) is 13.4. The topological polar surface area (TPSA) is 72.4 Å². The molecule has 20 heavy (non-hydrogen) atoms. The predicted molar refractivity (Wildman–Crippen MR) is 82.6 cm³/mol. The number of nitrogens with two attached hydrogens (primary N) is 1. The summed E-state index contributed by atoms with van der Waals surface area (Å²) >= 11 is 3.31. The lowest BCUT2D eigenvalue weighted by Crippen LogP contribution is -2.29. The van der Waals surface area contributed by atoms with Crippen molar-refractivity contribution in [1.82, 2.24) is 4.90 Å². The standard InChI is InChI=1S/C14H20BrN3O2/c1-2-6-17-7-5-10(9-16)14(17)12-4-3-11(15)8-13(12)18(19)20/h3-4,8,10,14H,2,5-7,9,16H2,1H3. The fourth-order valence-electron chi connectivity index (χ4n) is 3.09. The van der Waals surface area contributed by atoms with Crippen LogP contribution in [0.4, 0.5) is 5.69 Å². The fourth-order valence-corrected chi connectivity index (χ4v) is 3.44. The molecule has 5 nitrogen and oxygen atoms in total. The third-order valence-electron chi connectivity index (χ3n) is 3.95. The van der Waals surface area contributed by atoms with Crippen molar-refractivity contribution in [2.24, 2.45) is 11.7 Å². The summed E-state index contributed by atoms with van der Waals surface area (Å²) in [5, 5.41) is 11.3. The summed E-state index contributed by atoms with van der Waals surface area (Å²) in [6, 6.07) is 5.39. The largest absolute Gasteiger partial charge is 0.330 e. The number of likely N-dealkylation sites (tertiary alicyclic amines) is 1. The van der Waals surface area contributed by atoms with E-state index in [1.807, 2.05) is 12.1 Å². The lowest BCUT2D eigenvalue weighted by Gasteiger charge is -2.27. The van der Waals surface area contributed by atoms with Crippen molar-refractivity contribution in [3.8, 4) is 0 Å². The normalized spacial score (nSPS) is 23.1. The van der Waals surface area contributed by atoms with E-state index < -0.39 is 0 Å². The van der Waals surface area contributed by atoms with Gasteiger partial charge in [0.2, 0.25) is 0 Å². The van der Waals surface area contributed by atoms with Crippen LogP contribution in [0, 0.1) is 16.0 Å². The smallest absolute Gasteiger partial charge is 0.275 e. The highest BCUT2D eigenvalue weighted by Crippen LogP contribution is 2.41. The van der Waals surface area contributed by atoms with Crippen LogP contribution in [0.5, 0.6) is 0 Å². The Labute approximate surface area is 127 Å². The van der Waals surface area contributed by atoms with Crippen LogP contribution in [-0.4, -0.2) is 29.5 Å². The van der Waals surface area contributed by atoms with Gasteiger partial charge in [-0.2, -0.15) is 0 Å². The lowest BCUT2D eigenvalue weighted by atomic mass is 9.92. The van der Waals surface area contributed by atoms with Crippen molar-refractivity contribution in [3.05, 3.63) is 38.3 Å². The van der Waals surface area contributed by atoms with Crippen LogP contribution in [0.25, 0.3) is 0 Å². The molecular formula is C14H20BrN3O2. The molecule has 0 bridgehead atoms. The van der Waals surface area contributed by atoms with Gasteiger partial charge in [-0.15, -0.1) is 0 Å². The van der Waals surface area contributed by atoms with Crippen LogP contribution in [0.3, 0.4) is 0 Å². The van der Waals surface area contributed by atoms with E-state index in [1.54, 1.807) is 6.07 Å². The Morgan fingerprint density at radius 1 is 1.55 bits per heavy atom. The summed E-state index contributed by atoms with van der Waals surface area (Å²) in [5.74, 6) is 0.293. The summed E-state index contributed by atoms with van der Waals surface area (Å²) in [5.41, 5.74) is 6.85. The molecule has 1 heterocycles.